The Bertz CT molecular complexity index is 303. The van der Waals surface area contributed by atoms with Gasteiger partial charge in [0.05, 0.1) is 12.9 Å². The lowest BCUT2D eigenvalue weighted by molar-refractivity contribution is 0.528. The SMILES string of the molecule is CN1CCN=C1NCCn1ccnc1. The van der Waals surface area contributed by atoms with Crippen LogP contribution in [0.2, 0.25) is 0 Å². The maximum absolute atomic E-state index is 4.34. The molecular formula is C9H15N5. The van der Waals surface area contributed by atoms with Crippen molar-refractivity contribution in [1.82, 2.24) is 19.8 Å². The molecule has 0 atom stereocenters. The first kappa shape index (κ1) is 9.05. The normalized spacial score (nSPS) is 15.8. The van der Waals surface area contributed by atoms with Crippen molar-refractivity contribution in [3.05, 3.63) is 18.7 Å². The van der Waals surface area contributed by atoms with Gasteiger partial charge in [0.15, 0.2) is 5.96 Å². The molecule has 0 aromatic carbocycles. The summed E-state index contributed by atoms with van der Waals surface area (Å²) < 4.78 is 2.04. The van der Waals surface area contributed by atoms with Crippen molar-refractivity contribution in [3.63, 3.8) is 0 Å². The Morgan fingerprint density at radius 3 is 3.14 bits per heavy atom. The minimum absolute atomic E-state index is 0.888. The third-order valence-corrected chi connectivity index (χ3v) is 2.27. The summed E-state index contributed by atoms with van der Waals surface area (Å²) >= 11 is 0. The standard InChI is InChI=1S/C9H15N5/c1-13-5-3-11-9(13)12-4-7-14-6-2-10-8-14/h2,6,8H,3-5,7H2,1H3,(H,11,12). The van der Waals surface area contributed by atoms with Crippen molar-refractivity contribution in [2.24, 2.45) is 4.99 Å². The quantitative estimate of drug-likeness (QED) is 0.721. The van der Waals surface area contributed by atoms with Crippen LogP contribution in [0.15, 0.2) is 23.7 Å². The molecule has 1 aromatic heterocycles. The second kappa shape index (κ2) is 4.13. The summed E-state index contributed by atoms with van der Waals surface area (Å²) in [5.41, 5.74) is 0. The number of nitrogens with one attached hydrogen (secondary N) is 1. The van der Waals surface area contributed by atoms with Gasteiger partial charge >= 0.3 is 0 Å². The van der Waals surface area contributed by atoms with E-state index in [1.165, 1.54) is 0 Å². The van der Waals surface area contributed by atoms with Gasteiger partial charge in [0.2, 0.25) is 0 Å². The molecule has 1 N–H and O–H groups in total. The fourth-order valence-electron chi connectivity index (χ4n) is 1.44. The Hall–Kier alpha value is -1.52. The smallest absolute Gasteiger partial charge is 0.193 e. The highest BCUT2D eigenvalue weighted by molar-refractivity contribution is 5.81. The Balaban J connectivity index is 1.73. The van der Waals surface area contributed by atoms with E-state index in [9.17, 15) is 0 Å². The maximum Gasteiger partial charge on any atom is 0.193 e. The zero-order chi connectivity index (χ0) is 9.80. The number of hydrogen-bond donors (Lipinski definition) is 1. The van der Waals surface area contributed by atoms with Gasteiger partial charge in [-0.15, -0.1) is 0 Å². The second-order valence-corrected chi connectivity index (χ2v) is 3.35. The fraction of sp³-hybridized carbons (Fsp3) is 0.556. The van der Waals surface area contributed by atoms with Gasteiger partial charge in [-0.1, -0.05) is 0 Å². The van der Waals surface area contributed by atoms with Crippen LogP contribution in [-0.4, -0.2) is 47.1 Å². The van der Waals surface area contributed by atoms with E-state index in [1.807, 2.05) is 17.1 Å². The van der Waals surface area contributed by atoms with Gasteiger partial charge < -0.3 is 14.8 Å². The highest BCUT2D eigenvalue weighted by Gasteiger charge is 2.10. The molecule has 0 unspecified atom stereocenters. The number of hydrogen-bond acceptors (Lipinski definition) is 4. The molecule has 1 aliphatic rings. The lowest BCUT2D eigenvalue weighted by Gasteiger charge is -2.15. The van der Waals surface area contributed by atoms with Crippen molar-refractivity contribution in [3.8, 4) is 0 Å². The van der Waals surface area contributed by atoms with Crippen LogP contribution in [0.25, 0.3) is 0 Å². The van der Waals surface area contributed by atoms with E-state index in [-0.39, 0.29) is 0 Å². The molecule has 0 radical (unpaired) electrons. The van der Waals surface area contributed by atoms with Crippen molar-refractivity contribution in [2.45, 2.75) is 6.54 Å². The van der Waals surface area contributed by atoms with E-state index < -0.39 is 0 Å². The van der Waals surface area contributed by atoms with Crippen molar-refractivity contribution < 1.29 is 0 Å². The first-order valence-corrected chi connectivity index (χ1v) is 4.81. The van der Waals surface area contributed by atoms with Crippen LogP contribution >= 0.6 is 0 Å². The lowest BCUT2D eigenvalue weighted by atomic mass is 10.6. The van der Waals surface area contributed by atoms with E-state index in [0.717, 1.165) is 32.1 Å². The predicted octanol–water partition coefficient (Wildman–Crippen LogP) is -0.226. The van der Waals surface area contributed by atoms with Crippen LogP contribution in [0.3, 0.4) is 0 Å². The van der Waals surface area contributed by atoms with Gasteiger partial charge in [0, 0.05) is 39.1 Å². The molecule has 1 aromatic rings. The van der Waals surface area contributed by atoms with Gasteiger partial charge in [0.1, 0.15) is 0 Å². The zero-order valence-electron chi connectivity index (χ0n) is 8.35. The van der Waals surface area contributed by atoms with Gasteiger partial charge in [-0.05, 0) is 0 Å². The number of aromatic nitrogens is 2. The van der Waals surface area contributed by atoms with Crippen molar-refractivity contribution in [2.75, 3.05) is 26.7 Å². The molecule has 0 aliphatic carbocycles. The van der Waals surface area contributed by atoms with E-state index >= 15 is 0 Å². The monoisotopic (exact) mass is 193 g/mol. The summed E-state index contributed by atoms with van der Waals surface area (Å²) in [6, 6.07) is 0. The number of nitrogens with zero attached hydrogens (tertiary/aromatic N) is 4. The molecule has 76 valence electrons. The number of guanidine groups is 1. The average molecular weight is 193 g/mol. The zero-order valence-corrected chi connectivity index (χ0v) is 8.35. The van der Waals surface area contributed by atoms with Gasteiger partial charge in [0.25, 0.3) is 0 Å². The fourth-order valence-corrected chi connectivity index (χ4v) is 1.44. The minimum atomic E-state index is 0.888. The van der Waals surface area contributed by atoms with Crippen LogP contribution in [-0.2, 0) is 6.54 Å². The third-order valence-electron chi connectivity index (χ3n) is 2.27. The first-order valence-electron chi connectivity index (χ1n) is 4.81. The minimum Gasteiger partial charge on any atom is -0.354 e. The molecule has 0 spiro atoms. The molecule has 0 saturated carbocycles. The maximum atomic E-state index is 4.34. The Kier molecular flexibility index (Phi) is 2.67. The molecule has 2 heterocycles. The van der Waals surface area contributed by atoms with Crippen molar-refractivity contribution >= 4 is 5.96 Å². The molecule has 5 heteroatoms. The Morgan fingerprint density at radius 1 is 1.57 bits per heavy atom. The van der Waals surface area contributed by atoms with E-state index in [1.54, 1.807) is 6.20 Å². The summed E-state index contributed by atoms with van der Waals surface area (Å²) in [5.74, 6) is 1.00. The molecule has 0 fully saturated rings. The molecule has 2 rings (SSSR count). The number of imidazole rings is 1. The molecule has 14 heavy (non-hydrogen) atoms. The third kappa shape index (κ3) is 2.04. The molecule has 0 bridgehead atoms. The van der Waals surface area contributed by atoms with Crippen LogP contribution in [0.4, 0.5) is 0 Å². The largest absolute Gasteiger partial charge is 0.354 e. The summed E-state index contributed by atoms with van der Waals surface area (Å²) in [6.45, 7) is 3.74. The van der Waals surface area contributed by atoms with Crippen LogP contribution < -0.4 is 5.32 Å². The van der Waals surface area contributed by atoms with Gasteiger partial charge in [-0.2, -0.15) is 0 Å². The molecule has 0 saturated heterocycles. The second-order valence-electron chi connectivity index (χ2n) is 3.35. The van der Waals surface area contributed by atoms with E-state index in [0.29, 0.717) is 0 Å². The van der Waals surface area contributed by atoms with Gasteiger partial charge in [-0.3, -0.25) is 4.99 Å². The van der Waals surface area contributed by atoms with Gasteiger partial charge in [-0.25, -0.2) is 4.98 Å². The summed E-state index contributed by atoms with van der Waals surface area (Å²) in [4.78, 5) is 10.5. The molecule has 0 amide bonds. The summed E-state index contributed by atoms with van der Waals surface area (Å²) in [7, 11) is 2.05. The molecule has 5 nitrogen and oxygen atoms in total. The van der Waals surface area contributed by atoms with E-state index in [4.69, 9.17) is 0 Å². The van der Waals surface area contributed by atoms with Crippen LogP contribution in [0.1, 0.15) is 0 Å². The predicted molar refractivity (Wildman–Crippen MR) is 55.2 cm³/mol. The molecule has 1 aliphatic heterocycles. The molecular weight excluding hydrogens is 178 g/mol. The van der Waals surface area contributed by atoms with Crippen LogP contribution in [0, 0.1) is 0 Å². The average Bonchev–Trinajstić information content (AvgIpc) is 2.78. The highest BCUT2D eigenvalue weighted by Crippen LogP contribution is 1.94. The topological polar surface area (TPSA) is 45.5 Å². The number of rotatable bonds is 3. The van der Waals surface area contributed by atoms with Crippen LogP contribution in [0.5, 0.6) is 0 Å². The number of likely N-dealkylation sites (N-methyl/N-ethyl adjacent to an activating group) is 1. The lowest BCUT2D eigenvalue weighted by Crippen LogP contribution is -2.37. The Morgan fingerprint density at radius 2 is 2.50 bits per heavy atom. The first-order chi connectivity index (χ1) is 6.86. The van der Waals surface area contributed by atoms with E-state index in [2.05, 4.69) is 27.2 Å². The summed E-state index contributed by atoms with van der Waals surface area (Å²) in [5, 5.41) is 3.30. The van der Waals surface area contributed by atoms with Crippen molar-refractivity contribution in [1.29, 1.82) is 0 Å². The highest BCUT2D eigenvalue weighted by atomic mass is 15.3. The number of aliphatic imine (C=N–C) groups is 1. The summed E-state index contributed by atoms with van der Waals surface area (Å²) in [6.07, 6.45) is 5.57. The Labute approximate surface area is 83.5 Å².